The molecule has 1 aliphatic heterocycles. The molecular formula is C21H24N2O2S. The number of benzene rings is 1. The van der Waals surface area contributed by atoms with Crippen molar-refractivity contribution in [3.8, 4) is 0 Å². The first kappa shape index (κ1) is 17.3. The van der Waals surface area contributed by atoms with Gasteiger partial charge < -0.3 is 10.2 Å². The maximum atomic E-state index is 13.3. The van der Waals surface area contributed by atoms with Crippen LogP contribution in [0.5, 0.6) is 0 Å². The zero-order valence-corrected chi connectivity index (χ0v) is 16.0. The summed E-state index contributed by atoms with van der Waals surface area (Å²) in [4.78, 5) is 29.5. The Morgan fingerprint density at radius 1 is 1.23 bits per heavy atom. The predicted octanol–water partition coefficient (Wildman–Crippen LogP) is 3.96. The number of hydrogen-bond acceptors (Lipinski definition) is 3. The van der Waals surface area contributed by atoms with Crippen LogP contribution in [0.25, 0.3) is 0 Å². The fourth-order valence-electron chi connectivity index (χ4n) is 3.76. The van der Waals surface area contributed by atoms with Crippen molar-refractivity contribution in [2.45, 2.75) is 44.7 Å². The molecule has 2 aliphatic rings. The number of nitrogens with zero attached hydrogens (tertiary/aromatic N) is 1. The Labute approximate surface area is 158 Å². The van der Waals surface area contributed by atoms with Gasteiger partial charge in [0.1, 0.15) is 0 Å². The first-order valence-electron chi connectivity index (χ1n) is 9.30. The standard InChI is InChI=1S/C21H24N2O2S/c1-13(2)12-23-19(17-8-5-11-26-17)18(20(24)22-14-9-10-14)15-6-3-4-7-16(15)21(23)25/h3-8,11,13-14,18-19H,9-10,12H2,1-2H3,(H,22,24)/t18-,19+/m1/s1. The molecule has 0 bridgehead atoms. The van der Waals surface area contributed by atoms with E-state index in [2.05, 4.69) is 19.2 Å². The van der Waals surface area contributed by atoms with Gasteiger partial charge in [0, 0.05) is 23.0 Å². The number of rotatable bonds is 5. The van der Waals surface area contributed by atoms with Crippen molar-refractivity contribution < 1.29 is 9.59 Å². The quantitative estimate of drug-likeness (QED) is 0.868. The molecule has 1 fully saturated rings. The van der Waals surface area contributed by atoms with E-state index in [9.17, 15) is 9.59 Å². The molecule has 2 atom stereocenters. The summed E-state index contributed by atoms with van der Waals surface area (Å²) in [6.45, 7) is 4.86. The second kappa shape index (κ2) is 6.88. The molecule has 1 aliphatic carbocycles. The minimum Gasteiger partial charge on any atom is -0.353 e. The molecule has 4 nitrogen and oxygen atoms in total. The summed E-state index contributed by atoms with van der Waals surface area (Å²) in [6, 6.07) is 11.7. The van der Waals surface area contributed by atoms with E-state index < -0.39 is 0 Å². The lowest BCUT2D eigenvalue weighted by atomic mass is 9.81. The Kier molecular flexibility index (Phi) is 4.57. The zero-order valence-electron chi connectivity index (χ0n) is 15.1. The first-order valence-corrected chi connectivity index (χ1v) is 10.2. The van der Waals surface area contributed by atoms with Crippen molar-refractivity contribution in [1.82, 2.24) is 10.2 Å². The molecule has 2 heterocycles. The summed E-state index contributed by atoms with van der Waals surface area (Å²) in [5.74, 6) is 0.0449. The zero-order chi connectivity index (χ0) is 18.3. The maximum absolute atomic E-state index is 13.3. The lowest BCUT2D eigenvalue weighted by Gasteiger charge is -2.42. The van der Waals surface area contributed by atoms with Crippen LogP contribution in [0, 0.1) is 5.92 Å². The number of carbonyl (C=O) groups excluding carboxylic acids is 2. The van der Waals surface area contributed by atoms with Gasteiger partial charge in [-0.15, -0.1) is 11.3 Å². The molecule has 1 aromatic heterocycles. The molecule has 4 rings (SSSR count). The van der Waals surface area contributed by atoms with E-state index in [0.717, 1.165) is 23.3 Å². The summed E-state index contributed by atoms with van der Waals surface area (Å²) in [6.07, 6.45) is 2.11. The summed E-state index contributed by atoms with van der Waals surface area (Å²) >= 11 is 1.62. The van der Waals surface area contributed by atoms with Crippen LogP contribution < -0.4 is 5.32 Å². The molecule has 1 saturated carbocycles. The van der Waals surface area contributed by atoms with Crippen LogP contribution in [-0.4, -0.2) is 29.3 Å². The number of nitrogens with one attached hydrogen (secondary N) is 1. The van der Waals surface area contributed by atoms with Gasteiger partial charge in [-0.3, -0.25) is 9.59 Å². The molecule has 0 saturated heterocycles. The topological polar surface area (TPSA) is 49.4 Å². The number of carbonyl (C=O) groups is 2. The fraction of sp³-hybridized carbons (Fsp3) is 0.429. The van der Waals surface area contributed by atoms with E-state index >= 15 is 0 Å². The van der Waals surface area contributed by atoms with Gasteiger partial charge in [-0.25, -0.2) is 0 Å². The third kappa shape index (κ3) is 3.16. The average molecular weight is 369 g/mol. The molecule has 2 aromatic rings. The Balaban J connectivity index is 1.83. The first-order chi connectivity index (χ1) is 12.6. The van der Waals surface area contributed by atoms with Crippen LogP contribution in [0.3, 0.4) is 0 Å². The second-order valence-electron chi connectivity index (χ2n) is 7.66. The van der Waals surface area contributed by atoms with E-state index in [-0.39, 0.29) is 23.8 Å². The van der Waals surface area contributed by atoms with E-state index in [1.807, 2.05) is 46.7 Å². The minimum absolute atomic E-state index is 0.0307. The number of thiophene rings is 1. The van der Waals surface area contributed by atoms with Gasteiger partial charge in [0.15, 0.2) is 0 Å². The van der Waals surface area contributed by atoms with Crippen molar-refractivity contribution >= 4 is 23.2 Å². The fourth-order valence-corrected chi connectivity index (χ4v) is 4.64. The van der Waals surface area contributed by atoms with Gasteiger partial charge in [-0.1, -0.05) is 38.1 Å². The van der Waals surface area contributed by atoms with E-state index in [1.165, 1.54) is 0 Å². The van der Waals surface area contributed by atoms with Gasteiger partial charge in [-0.2, -0.15) is 0 Å². The maximum Gasteiger partial charge on any atom is 0.254 e. The molecular weight excluding hydrogens is 344 g/mol. The van der Waals surface area contributed by atoms with Gasteiger partial charge in [0.05, 0.1) is 12.0 Å². The van der Waals surface area contributed by atoms with Crippen molar-refractivity contribution in [3.63, 3.8) is 0 Å². The lowest BCUT2D eigenvalue weighted by Crippen LogP contribution is -2.48. The highest BCUT2D eigenvalue weighted by Gasteiger charge is 2.45. The third-order valence-corrected chi connectivity index (χ3v) is 5.98. The van der Waals surface area contributed by atoms with Crippen LogP contribution in [0.15, 0.2) is 41.8 Å². The summed E-state index contributed by atoms with van der Waals surface area (Å²) in [5.41, 5.74) is 1.52. The van der Waals surface area contributed by atoms with E-state index in [1.54, 1.807) is 11.3 Å². The molecule has 0 unspecified atom stereocenters. The number of hydrogen-bond donors (Lipinski definition) is 1. The van der Waals surface area contributed by atoms with E-state index in [4.69, 9.17) is 0 Å². The number of amides is 2. The van der Waals surface area contributed by atoms with Crippen molar-refractivity contribution in [3.05, 3.63) is 57.8 Å². The smallest absolute Gasteiger partial charge is 0.254 e. The van der Waals surface area contributed by atoms with Crippen molar-refractivity contribution in [2.24, 2.45) is 5.92 Å². The molecule has 1 aromatic carbocycles. The minimum atomic E-state index is -0.359. The van der Waals surface area contributed by atoms with Crippen LogP contribution in [0.1, 0.15) is 59.4 Å². The third-order valence-electron chi connectivity index (χ3n) is 5.04. The van der Waals surface area contributed by atoms with Crippen molar-refractivity contribution in [1.29, 1.82) is 0 Å². The highest BCUT2D eigenvalue weighted by molar-refractivity contribution is 7.10. The number of fused-ring (bicyclic) bond motifs is 1. The van der Waals surface area contributed by atoms with Gasteiger partial charge >= 0.3 is 0 Å². The van der Waals surface area contributed by atoms with Gasteiger partial charge in [0.25, 0.3) is 5.91 Å². The van der Waals surface area contributed by atoms with Crippen LogP contribution in [-0.2, 0) is 4.79 Å². The average Bonchev–Trinajstić information content (AvgIpc) is 3.26. The summed E-state index contributed by atoms with van der Waals surface area (Å²) in [5, 5.41) is 5.19. The molecule has 2 amide bonds. The molecule has 5 heteroatoms. The summed E-state index contributed by atoms with van der Waals surface area (Å²) < 4.78 is 0. The molecule has 136 valence electrons. The van der Waals surface area contributed by atoms with Gasteiger partial charge in [-0.05, 0) is 41.8 Å². The largest absolute Gasteiger partial charge is 0.353 e. The Bertz CT molecular complexity index is 811. The predicted molar refractivity (Wildman–Crippen MR) is 103 cm³/mol. The highest BCUT2D eigenvalue weighted by atomic mass is 32.1. The molecule has 26 heavy (non-hydrogen) atoms. The van der Waals surface area contributed by atoms with Gasteiger partial charge in [0.2, 0.25) is 5.91 Å². The molecule has 1 N–H and O–H groups in total. The SMILES string of the molecule is CC(C)CN1C(=O)c2ccccc2[C@@H](C(=O)NC2CC2)[C@@H]1c1cccs1. The Morgan fingerprint density at radius 2 is 2.00 bits per heavy atom. The lowest BCUT2D eigenvalue weighted by molar-refractivity contribution is -0.124. The van der Waals surface area contributed by atoms with Crippen molar-refractivity contribution in [2.75, 3.05) is 6.54 Å². The Morgan fingerprint density at radius 3 is 2.65 bits per heavy atom. The Hall–Kier alpha value is -2.14. The van der Waals surface area contributed by atoms with Crippen LogP contribution in [0.2, 0.25) is 0 Å². The summed E-state index contributed by atoms with van der Waals surface area (Å²) in [7, 11) is 0. The highest BCUT2D eigenvalue weighted by Crippen LogP contribution is 2.44. The molecule has 0 spiro atoms. The molecule has 0 radical (unpaired) electrons. The normalized spacial score (nSPS) is 22.4. The van der Waals surface area contributed by atoms with Crippen LogP contribution >= 0.6 is 11.3 Å². The second-order valence-corrected chi connectivity index (χ2v) is 8.64. The van der Waals surface area contributed by atoms with Crippen LogP contribution in [0.4, 0.5) is 0 Å². The monoisotopic (exact) mass is 368 g/mol. The van der Waals surface area contributed by atoms with E-state index in [0.29, 0.717) is 24.1 Å².